The van der Waals surface area contributed by atoms with Crippen LogP contribution in [0.4, 0.5) is 0 Å². The van der Waals surface area contributed by atoms with Gasteiger partial charge in [-0.25, -0.2) is 4.79 Å². The van der Waals surface area contributed by atoms with E-state index in [4.69, 9.17) is 4.74 Å². The Morgan fingerprint density at radius 1 is 1.19 bits per heavy atom. The number of likely N-dealkylation sites (tertiary alicyclic amines) is 1. The van der Waals surface area contributed by atoms with Crippen molar-refractivity contribution in [2.24, 2.45) is 0 Å². The molecule has 0 atom stereocenters. The van der Waals surface area contributed by atoms with Crippen LogP contribution >= 0.6 is 0 Å². The number of rotatable bonds is 6. The average molecular weight is 369 g/mol. The van der Waals surface area contributed by atoms with Gasteiger partial charge in [-0.1, -0.05) is 30.3 Å². The third kappa shape index (κ3) is 4.76. The Labute approximate surface area is 160 Å². The molecule has 1 aliphatic heterocycles. The number of hydrogen-bond donors (Lipinski definition) is 0. The number of piperidine rings is 1. The minimum absolute atomic E-state index is 0.122. The van der Waals surface area contributed by atoms with Crippen LogP contribution in [-0.2, 0) is 16.0 Å². The minimum Gasteiger partial charge on any atom is -0.461 e. The Morgan fingerprint density at radius 2 is 1.89 bits per heavy atom. The zero-order valence-corrected chi connectivity index (χ0v) is 16.1. The monoisotopic (exact) mass is 369 g/mol. The quantitative estimate of drug-likeness (QED) is 0.734. The van der Waals surface area contributed by atoms with Gasteiger partial charge in [0.15, 0.2) is 0 Å². The molecule has 1 aromatic heterocycles. The van der Waals surface area contributed by atoms with Crippen molar-refractivity contribution in [2.75, 3.05) is 19.7 Å². The van der Waals surface area contributed by atoms with Crippen molar-refractivity contribution in [2.45, 2.75) is 45.6 Å². The molecule has 0 saturated carbocycles. The van der Waals surface area contributed by atoms with Gasteiger partial charge in [0.2, 0.25) is 5.91 Å². The Hall–Kier alpha value is -2.63. The predicted molar refractivity (Wildman–Crippen MR) is 103 cm³/mol. The molecule has 0 spiro atoms. The van der Waals surface area contributed by atoms with Crippen LogP contribution in [0.25, 0.3) is 0 Å². The van der Waals surface area contributed by atoms with Crippen molar-refractivity contribution in [3.8, 4) is 0 Å². The maximum absolute atomic E-state index is 12.5. The predicted octanol–water partition coefficient (Wildman–Crippen LogP) is 3.16. The number of carbonyl (C=O) groups excluding carboxylic acids is 2. The van der Waals surface area contributed by atoms with Crippen LogP contribution in [0.15, 0.2) is 36.4 Å². The molecular formula is C21H27N3O3. The molecule has 0 unspecified atom stereocenters. The van der Waals surface area contributed by atoms with E-state index in [1.165, 1.54) is 5.56 Å². The van der Waals surface area contributed by atoms with E-state index in [2.05, 4.69) is 17.2 Å². The summed E-state index contributed by atoms with van der Waals surface area (Å²) in [7, 11) is 0. The van der Waals surface area contributed by atoms with Gasteiger partial charge in [-0.05, 0) is 44.7 Å². The van der Waals surface area contributed by atoms with Crippen LogP contribution in [0.2, 0.25) is 0 Å². The lowest BCUT2D eigenvalue weighted by atomic mass is 10.0. The van der Waals surface area contributed by atoms with Crippen molar-refractivity contribution < 1.29 is 14.3 Å². The summed E-state index contributed by atoms with van der Waals surface area (Å²) >= 11 is 0. The van der Waals surface area contributed by atoms with Crippen LogP contribution in [0.1, 0.15) is 54.0 Å². The third-order valence-electron chi connectivity index (χ3n) is 4.98. The van der Waals surface area contributed by atoms with Gasteiger partial charge in [-0.3, -0.25) is 9.48 Å². The standard InChI is InChI=1S/C21H27N3O3/c1-3-27-21(26)19-15-16(2)22-24(19)18-11-13-23(14-12-18)20(25)10-9-17-7-5-4-6-8-17/h4-8,15,18H,3,9-14H2,1-2H3. The topological polar surface area (TPSA) is 64.4 Å². The van der Waals surface area contributed by atoms with Crippen molar-refractivity contribution in [3.63, 3.8) is 0 Å². The average Bonchev–Trinajstić information content (AvgIpc) is 3.09. The van der Waals surface area contributed by atoms with E-state index in [0.29, 0.717) is 31.8 Å². The molecule has 0 aliphatic carbocycles. The molecule has 144 valence electrons. The van der Waals surface area contributed by atoms with E-state index in [0.717, 1.165) is 25.0 Å². The highest BCUT2D eigenvalue weighted by Gasteiger charge is 2.27. The number of aromatic nitrogens is 2. The Morgan fingerprint density at radius 3 is 2.56 bits per heavy atom. The fraction of sp³-hybridized carbons (Fsp3) is 0.476. The van der Waals surface area contributed by atoms with Crippen LogP contribution in [0.3, 0.4) is 0 Å². The first kappa shape index (κ1) is 19.1. The number of esters is 1. The van der Waals surface area contributed by atoms with E-state index < -0.39 is 0 Å². The van der Waals surface area contributed by atoms with E-state index in [1.807, 2.05) is 30.0 Å². The summed E-state index contributed by atoms with van der Waals surface area (Å²) in [6.07, 6.45) is 2.89. The molecule has 2 aromatic rings. The molecule has 1 fully saturated rings. The Balaban J connectivity index is 1.56. The molecule has 3 rings (SSSR count). The lowest BCUT2D eigenvalue weighted by molar-refractivity contribution is -0.132. The fourth-order valence-electron chi connectivity index (χ4n) is 3.57. The van der Waals surface area contributed by atoms with Gasteiger partial charge in [0.25, 0.3) is 0 Å². The fourth-order valence-corrected chi connectivity index (χ4v) is 3.57. The summed E-state index contributed by atoms with van der Waals surface area (Å²) in [5.41, 5.74) is 2.49. The molecular weight excluding hydrogens is 342 g/mol. The molecule has 0 N–H and O–H groups in total. The molecule has 1 aromatic carbocycles. The third-order valence-corrected chi connectivity index (χ3v) is 4.98. The largest absolute Gasteiger partial charge is 0.461 e. The van der Waals surface area contributed by atoms with Crippen molar-refractivity contribution >= 4 is 11.9 Å². The molecule has 6 nitrogen and oxygen atoms in total. The first-order valence-electron chi connectivity index (χ1n) is 9.63. The second kappa shape index (κ2) is 8.84. The maximum atomic E-state index is 12.5. The van der Waals surface area contributed by atoms with Crippen molar-refractivity contribution in [1.29, 1.82) is 0 Å². The number of aryl methyl sites for hydroxylation is 2. The van der Waals surface area contributed by atoms with Gasteiger partial charge in [0, 0.05) is 19.5 Å². The summed E-state index contributed by atoms with van der Waals surface area (Å²) < 4.78 is 6.93. The van der Waals surface area contributed by atoms with Crippen LogP contribution in [-0.4, -0.2) is 46.3 Å². The normalized spacial score (nSPS) is 15.0. The van der Waals surface area contributed by atoms with Crippen LogP contribution in [0, 0.1) is 6.92 Å². The van der Waals surface area contributed by atoms with Gasteiger partial charge < -0.3 is 9.64 Å². The van der Waals surface area contributed by atoms with Crippen molar-refractivity contribution in [3.05, 3.63) is 53.3 Å². The number of hydrogen-bond acceptors (Lipinski definition) is 4. The molecule has 0 bridgehead atoms. The van der Waals surface area contributed by atoms with E-state index in [-0.39, 0.29) is 17.9 Å². The SMILES string of the molecule is CCOC(=O)c1cc(C)nn1C1CCN(C(=O)CCc2ccccc2)CC1. The highest BCUT2D eigenvalue weighted by Crippen LogP contribution is 2.25. The summed E-state index contributed by atoms with van der Waals surface area (Å²) in [6, 6.07) is 12.0. The lowest BCUT2D eigenvalue weighted by Gasteiger charge is -2.32. The maximum Gasteiger partial charge on any atom is 0.356 e. The van der Waals surface area contributed by atoms with E-state index in [9.17, 15) is 9.59 Å². The zero-order chi connectivity index (χ0) is 19.2. The Bertz CT molecular complexity index is 777. The number of ether oxygens (including phenoxy) is 1. The summed E-state index contributed by atoms with van der Waals surface area (Å²) in [6.45, 7) is 5.41. The van der Waals surface area contributed by atoms with Gasteiger partial charge in [-0.15, -0.1) is 0 Å². The van der Waals surface area contributed by atoms with Gasteiger partial charge >= 0.3 is 5.97 Å². The zero-order valence-electron chi connectivity index (χ0n) is 16.1. The highest BCUT2D eigenvalue weighted by molar-refractivity contribution is 5.87. The number of nitrogens with zero attached hydrogens (tertiary/aromatic N) is 3. The highest BCUT2D eigenvalue weighted by atomic mass is 16.5. The summed E-state index contributed by atoms with van der Waals surface area (Å²) in [5, 5.41) is 4.50. The second-order valence-corrected chi connectivity index (χ2v) is 6.93. The Kier molecular flexibility index (Phi) is 6.27. The summed E-state index contributed by atoms with van der Waals surface area (Å²) in [5.74, 6) is -0.140. The second-order valence-electron chi connectivity index (χ2n) is 6.93. The number of amides is 1. The van der Waals surface area contributed by atoms with Crippen LogP contribution < -0.4 is 0 Å². The molecule has 27 heavy (non-hydrogen) atoms. The van der Waals surface area contributed by atoms with Gasteiger partial charge in [0.1, 0.15) is 5.69 Å². The van der Waals surface area contributed by atoms with Crippen LogP contribution in [0.5, 0.6) is 0 Å². The number of benzene rings is 1. The molecule has 6 heteroatoms. The molecule has 1 saturated heterocycles. The number of carbonyl (C=O) groups is 2. The van der Waals surface area contributed by atoms with Gasteiger partial charge in [0.05, 0.1) is 18.3 Å². The molecule has 1 amide bonds. The first-order chi connectivity index (χ1) is 13.1. The first-order valence-corrected chi connectivity index (χ1v) is 9.63. The lowest BCUT2D eigenvalue weighted by Crippen LogP contribution is -2.39. The van der Waals surface area contributed by atoms with E-state index in [1.54, 1.807) is 17.7 Å². The minimum atomic E-state index is -0.334. The van der Waals surface area contributed by atoms with Crippen molar-refractivity contribution in [1.82, 2.24) is 14.7 Å². The van der Waals surface area contributed by atoms with Gasteiger partial charge in [-0.2, -0.15) is 5.10 Å². The smallest absolute Gasteiger partial charge is 0.356 e. The summed E-state index contributed by atoms with van der Waals surface area (Å²) in [4.78, 5) is 26.6. The molecule has 2 heterocycles. The van der Waals surface area contributed by atoms with E-state index >= 15 is 0 Å². The molecule has 0 radical (unpaired) electrons. The molecule has 1 aliphatic rings.